The molecule has 1 aromatic carbocycles. The Kier molecular flexibility index (Phi) is 3.37. The van der Waals surface area contributed by atoms with Crippen LogP contribution in [0.2, 0.25) is 0 Å². The van der Waals surface area contributed by atoms with Crippen LogP contribution < -0.4 is 0 Å². The molecule has 0 fully saturated rings. The fraction of sp³-hybridized carbons (Fsp3) is 0.400. The Morgan fingerprint density at radius 1 is 0.944 bits per heavy atom. The van der Waals surface area contributed by atoms with Gasteiger partial charge in [0.2, 0.25) is 0 Å². The summed E-state index contributed by atoms with van der Waals surface area (Å²) in [5.41, 5.74) is -6.92. The second-order valence-corrected chi connectivity index (χ2v) is 3.67. The summed E-state index contributed by atoms with van der Waals surface area (Å²) in [5, 5.41) is 9.00. The fourth-order valence-corrected chi connectivity index (χ4v) is 1.36. The van der Waals surface area contributed by atoms with Crippen LogP contribution in [-0.2, 0) is 5.60 Å². The van der Waals surface area contributed by atoms with Crippen LogP contribution in [0.4, 0.5) is 30.7 Å². The summed E-state index contributed by atoms with van der Waals surface area (Å²) in [6, 6.07) is 1.01. The minimum Gasteiger partial charge on any atom is -0.369 e. The highest BCUT2D eigenvalue weighted by atomic mass is 19.4. The van der Waals surface area contributed by atoms with Gasteiger partial charge in [-0.15, -0.1) is 0 Å². The lowest BCUT2D eigenvalue weighted by Crippen LogP contribution is -2.53. The predicted octanol–water partition coefficient (Wildman–Crippen LogP) is 3.45. The molecule has 0 bridgehead atoms. The Hall–Kier alpha value is -1.31. The van der Waals surface area contributed by atoms with Gasteiger partial charge < -0.3 is 5.11 Å². The molecule has 1 aromatic rings. The van der Waals surface area contributed by atoms with Crippen LogP contribution in [0, 0.1) is 12.7 Å². The molecule has 102 valence electrons. The van der Waals surface area contributed by atoms with E-state index in [1.54, 1.807) is 0 Å². The molecule has 0 spiro atoms. The normalized spacial score (nSPS) is 13.8. The van der Waals surface area contributed by atoms with Gasteiger partial charge in [-0.25, -0.2) is 4.39 Å². The largest absolute Gasteiger partial charge is 0.430 e. The maximum atomic E-state index is 12.8. The zero-order valence-electron chi connectivity index (χ0n) is 8.83. The van der Waals surface area contributed by atoms with Gasteiger partial charge >= 0.3 is 12.4 Å². The molecule has 0 aliphatic rings. The minimum atomic E-state index is -5.96. The van der Waals surface area contributed by atoms with Gasteiger partial charge in [0.25, 0.3) is 5.60 Å². The van der Waals surface area contributed by atoms with Gasteiger partial charge in [0.05, 0.1) is 0 Å². The van der Waals surface area contributed by atoms with E-state index in [9.17, 15) is 30.7 Å². The molecule has 0 aliphatic heterocycles. The number of aliphatic hydroxyl groups is 1. The topological polar surface area (TPSA) is 20.2 Å². The molecule has 0 atom stereocenters. The number of benzene rings is 1. The van der Waals surface area contributed by atoms with Crippen molar-refractivity contribution in [3.8, 4) is 0 Å². The second-order valence-electron chi connectivity index (χ2n) is 3.67. The first-order valence-corrected chi connectivity index (χ1v) is 4.53. The Morgan fingerprint density at radius 2 is 1.39 bits per heavy atom. The van der Waals surface area contributed by atoms with E-state index in [-0.39, 0.29) is 6.07 Å². The summed E-state index contributed by atoms with van der Waals surface area (Å²) in [7, 11) is 0. The van der Waals surface area contributed by atoms with E-state index < -0.39 is 34.9 Å². The van der Waals surface area contributed by atoms with Crippen LogP contribution in [0.25, 0.3) is 0 Å². The Balaban J connectivity index is 3.51. The summed E-state index contributed by atoms with van der Waals surface area (Å²) in [4.78, 5) is 0. The number of alkyl halides is 6. The Bertz CT molecular complexity index is 433. The van der Waals surface area contributed by atoms with Gasteiger partial charge in [-0.2, -0.15) is 26.3 Å². The van der Waals surface area contributed by atoms with Crippen LogP contribution in [0.15, 0.2) is 18.2 Å². The average molecular weight is 276 g/mol. The maximum absolute atomic E-state index is 12.8. The molecule has 0 saturated heterocycles. The highest BCUT2D eigenvalue weighted by Crippen LogP contribution is 2.50. The molecule has 0 aliphatic carbocycles. The summed E-state index contributed by atoms with van der Waals surface area (Å²) < 4.78 is 87.6. The highest BCUT2D eigenvalue weighted by Gasteiger charge is 2.71. The molecule has 0 aromatic heterocycles. The van der Waals surface area contributed by atoms with E-state index >= 15 is 0 Å². The molecule has 0 saturated carbocycles. The minimum absolute atomic E-state index is 0.253. The second kappa shape index (κ2) is 4.11. The summed E-state index contributed by atoms with van der Waals surface area (Å²) in [5.74, 6) is -0.967. The van der Waals surface area contributed by atoms with E-state index in [2.05, 4.69) is 0 Å². The SMILES string of the molecule is Cc1cc(C(O)(C(F)(F)F)C(F)(F)F)ccc1F. The van der Waals surface area contributed by atoms with E-state index in [1.807, 2.05) is 0 Å². The molecular weight excluding hydrogens is 269 g/mol. The van der Waals surface area contributed by atoms with Crippen molar-refractivity contribution in [3.63, 3.8) is 0 Å². The number of rotatable bonds is 1. The molecule has 8 heteroatoms. The van der Waals surface area contributed by atoms with Gasteiger partial charge in [0.15, 0.2) is 0 Å². The van der Waals surface area contributed by atoms with E-state index in [4.69, 9.17) is 5.11 Å². The zero-order chi connectivity index (χ0) is 14.4. The van der Waals surface area contributed by atoms with Crippen molar-refractivity contribution in [2.45, 2.75) is 24.9 Å². The van der Waals surface area contributed by atoms with Crippen molar-refractivity contribution in [1.82, 2.24) is 0 Å². The zero-order valence-corrected chi connectivity index (χ0v) is 8.83. The highest BCUT2D eigenvalue weighted by molar-refractivity contribution is 5.31. The van der Waals surface area contributed by atoms with Gasteiger partial charge in [-0.05, 0) is 24.6 Å². The third-order valence-corrected chi connectivity index (χ3v) is 2.40. The molecule has 1 N–H and O–H groups in total. The molecule has 1 nitrogen and oxygen atoms in total. The standard InChI is InChI=1S/C10H7F7O/c1-5-4-6(2-3-7(5)11)8(18,9(12,13)14)10(15,16)17/h2-4,18H,1H3. The molecule has 0 radical (unpaired) electrons. The van der Waals surface area contributed by atoms with Gasteiger partial charge in [0.1, 0.15) is 5.82 Å². The van der Waals surface area contributed by atoms with Crippen molar-refractivity contribution in [2.75, 3.05) is 0 Å². The monoisotopic (exact) mass is 276 g/mol. The molecule has 0 heterocycles. The van der Waals surface area contributed by atoms with Crippen molar-refractivity contribution >= 4 is 0 Å². The van der Waals surface area contributed by atoms with Crippen LogP contribution in [0.1, 0.15) is 11.1 Å². The van der Waals surface area contributed by atoms with Crippen LogP contribution in [0.5, 0.6) is 0 Å². The van der Waals surface area contributed by atoms with Crippen LogP contribution in [-0.4, -0.2) is 17.5 Å². The molecule has 18 heavy (non-hydrogen) atoms. The Labute approximate surface area is 96.8 Å². The lowest BCUT2D eigenvalue weighted by atomic mass is 9.91. The number of aryl methyl sites for hydroxylation is 1. The fourth-order valence-electron chi connectivity index (χ4n) is 1.36. The predicted molar refractivity (Wildman–Crippen MR) is 47.1 cm³/mol. The van der Waals surface area contributed by atoms with Crippen LogP contribution in [0.3, 0.4) is 0 Å². The first kappa shape index (κ1) is 14.7. The lowest BCUT2D eigenvalue weighted by Gasteiger charge is -2.32. The van der Waals surface area contributed by atoms with Crippen LogP contribution >= 0.6 is 0 Å². The number of hydrogen-bond donors (Lipinski definition) is 1. The molecule has 0 unspecified atom stereocenters. The third kappa shape index (κ3) is 2.16. The summed E-state index contributed by atoms with van der Waals surface area (Å²) >= 11 is 0. The number of halogens is 7. The molecular formula is C10H7F7O. The van der Waals surface area contributed by atoms with Gasteiger partial charge in [-0.3, -0.25) is 0 Å². The Morgan fingerprint density at radius 3 is 1.72 bits per heavy atom. The first-order chi connectivity index (χ1) is 7.91. The van der Waals surface area contributed by atoms with Gasteiger partial charge in [-0.1, -0.05) is 6.07 Å². The van der Waals surface area contributed by atoms with E-state index in [1.165, 1.54) is 0 Å². The third-order valence-electron chi connectivity index (χ3n) is 2.40. The lowest BCUT2D eigenvalue weighted by molar-refractivity contribution is -0.376. The summed E-state index contributed by atoms with van der Waals surface area (Å²) in [6.07, 6.45) is -11.9. The van der Waals surface area contributed by atoms with Crippen molar-refractivity contribution in [3.05, 3.63) is 35.1 Å². The molecule has 1 rings (SSSR count). The maximum Gasteiger partial charge on any atom is 0.430 e. The van der Waals surface area contributed by atoms with Crippen molar-refractivity contribution < 1.29 is 35.8 Å². The van der Waals surface area contributed by atoms with Crippen molar-refractivity contribution in [2.24, 2.45) is 0 Å². The van der Waals surface area contributed by atoms with Gasteiger partial charge in [0, 0.05) is 5.56 Å². The molecule has 0 amide bonds. The summed E-state index contributed by atoms with van der Waals surface area (Å²) in [6.45, 7) is 0.992. The van der Waals surface area contributed by atoms with E-state index in [0.717, 1.165) is 6.92 Å². The smallest absolute Gasteiger partial charge is 0.369 e. The van der Waals surface area contributed by atoms with Crippen molar-refractivity contribution in [1.29, 1.82) is 0 Å². The number of hydrogen-bond acceptors (Lipinski definition) is 1. The average Bonchev–Trinajstić information content (AvgIpc) is 2.17. The van der Waals surface area contributed by atoms with E-state index in [0.29, 0.717) is 12.1 Å². The first-order valence-electron chi connectivity index (χ1n) is 4.53. The quantitative estimate of drug-likeness (QED) is 0.779.